The Bertz CT molecular complexity index is 1150. The molecule has 2 aromatic heterocycles. The van der Waals surface area contributed by atoms with E-state index in [0.29, 0.717) is 33.7 Å². The Labute approximate surface area is 159 Å². The Hall–Kier alpha value is -3.32. The van der Waals surface area contributed by atoms with Gasteiger partial charge in [-0.15, -0.1) is 0 Å². The number of hydrogen-bond acceptors (Lipinski definition) is 4. The SMILES string of the molecule is COc1ccc(C(=O)Nc2cc(-c3nc4ccc(C)cc4[nH]3)[nH]n2)cc1Cl. The summed E-state index contributed by atoms with van der Waals surface area (Å²) < 4.78 is 5.09. The van der Waals surface area contributed by atoms with Gasteiger partial charge in [-0.2, -0.15) is 5.10 Å². The molecule has 0 saturated carbocycles. The minimum atomic E-state index is -0.321. The monoisotopic (exact) mass is 381 g/mol. The molecule has 0 saturated heterocycles. The molecule has 2 aromatic carbocycles. The lowest BCUT2D eigenvalue weighted by atomic mass is 10.2. The molecule has 0 spiro atoms. The van der Waals surface area contributed by atoms with Crippen LogP contribution in [0, 0.1) is 6.92 Å². The zero-order valence-electron chi connectivity index (χ0n) is 14.6. The molecule has 0 aliphatic heterocycles. The highest BCUT2D eigenvalue weighted by Crippen LogP contribution is 2.26. The van der Waals surface area contributed by atoms with Crippen molar-refractivity contribution in [2.45, 2.75) is 6.92 Å². The molecule has 7 nitrogen and oxygen atoms in total. The number of imidazole rings is 1. The van der Waals surface area contributed by atoms with Crippen molar-refractivity contribution in [2.24, 2.45) is 0 Å². The lowest BCUT2D eigenvalue weighted by Gasteiger charge is -2.05. The van der Waals surface area contributed by atoms with Gasteiger partial charge in [-0.05, 0) is 42.8 Å². The second-order valence-corrected chi connectivity index (χ2v) is 6.48. The summed E-state index contributed by atoms with van der Waals surface area (Å²) in [6.45, 7) is 2.02. The number of aryl methyl sites for hydroxylation is 1. The van der Waals surface area contributed by atoms with E-state index in [0.717, 1.165) is 16.6 Å². The molecule has 4 aromatic rings. The number of benzene rings is 2. The third-order valence-electron chi connectivity index (χ3n) is 4.13. The maximum absolute atomic E-state index is 12.4. The van der Waals surface area contributed by atoms with Gasteiger partial charge in [0, 0.05) is 11.6 Å². The highest BCUT2D eigenvalue weighted by atomic mass is 35.5. The quantitative estimate of drug-likeness (QED) is 0.494. The molecule has 0 bridgehead atoms. The van der Waals surface area contributed by atoms with Gasteiger partial charge >= 0.3 is 0 Å². The van der Waals surface area contributed by atoms with Crippen molar-refractivity contribution in [3.63, 3.8) is 0 Å². The molecule has 1 amide bonds. The van der Waals surface area contributed by atoms with Gasteiger partial charge in [-0.1, -0.05) is 17.7 Å². The number of nitrogens with one attached hydrogen (secondary N) is 3. The van der Waals surface area contributed by atoms with E-state index in [4.69, 9.17) is 16.3 Å². The van der Waals surface area contributed by atoms with E-state index in [1.165, 1.54) is 7.11 Å². The van der Waals surface area contributed by atoms with Gasteiger partial charge in [0.05, 0.1) is 23.2 Å². The molecule has 4 rings (SSSR count). The number of anilines is 1. The molecule has 136 valence electrons. The Morgan fingerprint density at radius 1 is 1.19 bits per heavy atom. The Balaban J connectivity index is 1.55. The second-order valence-electron chi connectivity index (χ2n) is 6.08. The lowest BCUT2D eigenvalue weighted by Crippen LogP contribution is -2.12. The number of aromatic nitrogens is 4. The van der Waals surface area contributed by atoms with E-state index in [9.17, 15) is 4.79 Å². The fourth-order valence-corrected chi connectivity index (χ4v) is 3.01. The number of carbonyl (C=O) groups is 1. The fraction of sp³-hybridized carbons (Fsp3) is 0.105. The summed E-state index contributed by atoms with van der Waals surface area (Å²) in [7, 11) is 1.52. The molecule has 2 heterocycles. The standard InChI is InChI=1S/C19H16ClN5O2/c1-10-3-5-13-14(7-10)22-18(21-13)15-9-17(25-24-15)23-19(26)11-4-6-16(27-2)12(20)8-11/h3-9H,1-2H3,(H,21,22)(H2,23,24,25,26). The highest BCUT2D eigenvalue weighted by Gasteiger charge is 2.13. The van der Waals surface area contributed by atoms with Crippen LogP contribution in [0.15, 0.2) is 42.5 Å². The number of methoxy groups -OCH3 is 1. The van der Waals surface area contributed by atoms with Crippen LogP contribution >= 0.6 is 11.6 Å². The zero-order chi connectivity index (χ0) is 19.0. The first-order valence-electron chi connectivity index (χ1n) is 8.20. The average molecular weight is 382 g/mol. The first-order chi connectivity index (χ1) is 13.0. The van der Waals surface area contributed by atoms with Gasteiger partial charge in [0.1, 0.15) is 11.4 Å². The van der Waals surface area contributed by atoms with Gasteiger partial charge < -0.3 is 15.0 Å². The summed E-state index contributed by atoms with van der Waals surface area (Å²) >= 11 is 6.07. The highest BCUT2D eigenvalue weighted by molar-refractivity contribution is 6.32. The van der Waals surface area contributed by atoms with E-state index in [2.05, 4.69) is 25.5 Å². The predicted octanol–water partition coefficient (Wildman–Crippen LogP) is 4.18. The summed E-state index contributed by atoms with van der Waals surface area (Å²) in [4.78, 5) is 20.2. The lowest BCUT2D eigenvalue weighted by molar-refractivity contribution is 0.102. The van der Waals surface area contributed by atoms with E-state index in [1.807, 2.05) is 25.1 Å². The van der Waals surface area contributed by atoms with Crippen LogP contribution in [-0.2, 0) is 0 Å². The van der Waals surface area contributed by atoms with Crippen LogP contribution in [0.3, 0.4) is 0 Å². The summed E-state index contributed by atoms with van der Waals surface area (Å²) in [5, 5.41) is 10.1. The number of H-pyrrole nitrogens is 2. The van der Waals surface area contributed by atoms with Crippen LogP contribution in [0.4, 0.5) is 5.82 Å². The number of ether oxygens (including phenoxy) is 1. The number of hydrogen-bond donors (Lipinski definition) is 3. The smallest absolute Gasteiger partial charge is 0.256 e. The van der Waals surface area contributed by atoms with Crippen molar-refractivity contribution < 1.29 is 9.53 Å². The van der Waals surface area contributed by atoms with Gasteiger partial charge in [0.15, 0.2) is 11.6 Å². The van der Waals surface area contributed by atoms with Crippen LogP contribution in [0.5, 0.6) is 5.75 Å². The number of halogens is 1. The minimum Gasteiger partial charge on any atom is -0.495 e. The maximum atomic E-state index is 12.4. The Kier molecular flexibility index (Phi) is 4.29. The predicted molar refractivity (Wildman–Crippen MR) is 104 cm³/mol. The third kappa shape index (κ3) is 3.37. The molecule has 8 heteroatoms. The van der Waals surface area contributed by atoms with E-state index >= 15 is 0 Å². The Morgan fingerprint density at radius 3 is 2.81 bits per heavy atom. The molecule has 0 aliphatic rings. The Morgan fingerprint density at radius 2 is 2.04 bits per heavy atom. The normalized spacial score (nSPS) is 10.9. The minimum absolute atomic E-state index is 0.321. The topological polar surface area (TPSA) is 95.7 Å². The zero-order valence-corrected chi connectivity index (χ0v) is 15.4. The second kappa shape index (κ2) is 6.77. The average Bonchev–Trinajstić information content (AvgIpc) is 3.27. The number of fused-ring (bicyclic) bond motifs is 1. The van der Waals surface area contributed by atoms with Crippen LogP contribution in [0.2, 0.25) is 5.02 Å². The van der Waals surface area contributed by atoms with Crippen LogP contribution in [0.25, 0.3) is 22.6 Å². The summed E-state index contributed by atoms with van der Waals surface area (Å²) in [5.41, 5.74) is 4.03. The molecule has 0 unspecified atom stereocenters. The van der Waals surface area contributed by atoms with Crippen molar-refractivity contribution in [3.05, 3.63) is 58.6 Å². The van der Waals surface area contributed by atoms with Crippen LogP contribution < -0.4 is 10.1 Å². The molecule has 3 N–H and O–H groups in total. The maximum Gasteiger partial charge on any atom is 0.256 e. The summed E-state index contributed by atoms with van der Waals surface area (Å²) in [6.07, 6.45) is 0. The number of nitrogens with zero attached hydrogens (tertiary/aromatic N) is 2. The van der Waals surface area contributed by atoms with Crippen molar-refractivity contribution in [3.8, 4) is 17.3 Å². The van der Waals surface area contributed by atoms with Crippen molar-refractivity contribution in [1.82, 2.24) is 20.2 Å². The fourth-order valence-electron chi connectivity index (χ4n) is 2.75. The number of rotatable bonds is 4. The first-order valence-corrected chi connectivity index (χ1v) is 8.58. The summed E-state index contributed by atoms with van der Waals surface area (Å²) in [6, 6.07) is 12.5. The molecule has 0 radical (unpaired) electrons. The van der Waals surface area contributed by atoms with E-state index in [-0.39, 0.29) is 5.91 Å². The van der Waals surface area contributed by atoms with Crippen molar-refractivity contribution in [1.29, 1.82) is 0 Å². The van der Waals surface area contributed by atoms with Gasteiger partial charge in [-0.25, -0.2) is 4.98 Å². The van der Waals surface area contributed by atoms with Gasteiger partial charge in [0.2, 0.25) is 0 Å². The number of carbonyl (C=O) groups excluding carboxylic acids is 1. The van der Waals surface area contributed by atoms with Crippen LogP contribution in [0.1, 0.15) is 15.9 Å². The van der Waals surface area contributed by atoms with E-state index < -0.39 is 0 Å². The van der Waals surface area contributed by atoms with Crippen molar-refractivity contribution >= 4 is 34.4 Å². The molecule has 0 fully saturated rings. The molecular weight excluding hydrogens is 366 g/mol. The molecular formula is C19H16ClN5O2. The molecule has 27 heavy (non-hydrogen) atoms. The van der Waals surface area contributed by atoms with Gasteiger partial charge in [-0.3, -0.25) is 9.89 Å². The van der Waals surface area contributed by atoms with Crippen molar-refractivity contribution in [2.75, 3.05) is 12.4 Å². The molecule has 0 aliphatic carbocycles. The first kappa shape index (κ1) is 17.1. The third-order valence-corrected chi connectivity index (χ3v) is 4.42. The largest absolute Gasteiger partial charge is 0.495 e. The summed E-state index contributed by atoms with van der Waals surface area (Å²) in [5.74, 6) is 1.22. The van der Waals surface area contributed by atoms with E-state index in [1.54, 1.807) is 24.3 Å². The van der Waals surface area contributed by atoms with Crippen LogP contribution in [-0.4, -0.2) is 33.2 Å². The number of aromatic amines is 2. The molecule has 0 atom stereocenters. The number of amides is 1. The van der Waals surface area contributed by atoms with Gasteiger partial charge in [0.25, 0.3) is 5.91 Å².